The van der Waals surface area contributed by atoms with Crippen molar-refractivity contribution in [3.8, 4) is 0 Å². The normalized spacial score (nSPS) is 12.3. The van der Waals surface area contributed by atoms with Crippen LogP contribution >= 0.6 is 0 Å². The number of carbonyl (C=O) groups is 2. The highest BCUT2D eigenvalue weighted by atomic mass is 16.5. The van der Waals surface area contributed by atoms with E-state index in [1.165, 1.54) is 0 Å². The number of esters is 1. The van der Waals surface area contributed by atoms with Crippen LogP contribution in [-0.4, -0.2) is 29.6 Å². The number of rotatable bonds is 12. The molecule has 0 aromatic heterocycles. The lowest BCUT2D eigenvalue weighted by Gasteiger charge is -2.28. The fraction of sp³-hybridized carbons (Fsp3) is 0.233. The standard InChI is InChI=1S/C30H31NO3/c1-3-5-22-30(29(33)34-23-6-4-2,28(32)26-20-14-9-15-21-26)31-27(24-16-10-7-11-17-24)25-18-12-8-13-19-25/h3,7-21H,1,4-6,22-23H2,2H3. The van der Waals surface area contributed by atoms with Gasteiger partial charge in [-0.25, -0.2) is 4.79 Å². The summed E-state index contributed by atoms with van der Waals surface area (Å²) in [4.78, 5) is 32.7. The van der Waals surface area contributed by atoms with Gasteiger partial charge in [-0.15, -0.1) is 6.58 Å². The highest BCUT2D eigenvalue weighted by molar-refractivity contribution is 6.21. The monoisotopic (exact) mass is 453 g/mol. The quantitative estimate of drug-likeness (QED) is 0.0790. The molecule has 0 spiro atoms. The van der Waals surface area contributed by atoms with E-state index in [-0.39, 0.29) is 18.8 Å². The maximum Gasteiger partial charge on any atom is 0.342 e. The van der Waals surface area contributed by atoms with Crippen molar-refractivity contribution in [3.63, 3.8) is 0 Å². The average Bonchev–Trinajstić information content (AvgIpc) is 2.90. The lowest BCUT2D eigenvalue weighted by atomic mass is 9.84. The molecule has 0 aliphatic carbocycles. The molecule has 0 bridgehead atoms. The van der Waals surface area contributed by atoms with Gasteiger partial charge in [0.05, 0.1) is 12.3 Å². The van der Waals surface area contributed by atoms with Crippen LogP contribution in [0.2, 0.25) is 0 Å². The predicted octanol–water partition coefficient (Wildman–Crippen LogP) is 6.46. The van der Waals surface area contributed by atoms with Crippen molar-refractivity contribution in [1.29, 1.82) is 0 Å². The van der Waals surface area contributed by atoms with E-state index in [1.54, 1.807) is 30.3 Å². The third kappa shape index (κ3) is 5.96. The molecule has 0 aliphatic rings. The van der Waals surface area contributed by atoms with E-state index >= 15 is 0 Å². The minimum atomic E-state index is -1.73. The Labute approximate surface area is 202 Å². The van der Waals surface area contributed by atoms with Crippen LogP contribution in [0.15, 0.2) is 109 Å². The Bertz CT molecular complexity index is 1070. The molecule has 0 radical (unpaired) electrons. The zero-order chi connectivity index (χ0) is 24.2. The Morgan fingerprint density at radius 1 is 0.853 bits per heavy atom. The fourth-order valence-electron chi connectivity index (χ4n) is 3.71. The number of aliphatic imine (C=N–C) groups is 1. The van der Waals surface area contributed by atoms with E-state index in [0.717, 1.165) is 24.0 Å². The highest BCUT2D eigenvalue weighted by Crippen LogP contribution is 2.29. The molecule has 4 nitrogen and oxygen atoms in total. The molecule has 174 valence electrons. The van der Waals surface area contributed by atoms with Crippen LogP contribution in [0.5, 0.6) is 0 Å². The number of carbonyl (C=O) groups excluding carboxylic acids is 2. The first-order valence-electron chi connectivity index (χ1n) is 11.7. The molecule has 0 saturated heterocycles. The third-order valence-corrected chi connectivity index (χ3v) is 5.59. The zero-order valence-corrected chi connectivity index (χ0v) is 19.7. The summed E-state index contributed by atoms with van der Waals surface area (Å²) in [6.07, 6.45) is 3.89. The summed E-state index contributed by atoms with van der Waals surface area (Å²) < 4.78 is 5.66. The molecular formula is C30H31NO3. The van der Waals surface area contributed by atoms with Crippen LogP contribution in [0, 0.1) is 0 Å². The van der Waals surface area contributed by atoms with Crippen molar-refractivity contribution < 1.29 is 14.3 Å². The summed E-state index contributed by atoms with van der Waals surface area (Å²) in [5.74, 6) is -0.998. The average molecular weight is 454 g/mol. The number of ether oxygens (including phenoxy) is 1. The van der Waals surface area contributed by atoms with Crippen molar-refractivity contribution in [2.24, 2.45) is 4.99 Å². The molecule has 0 aliphatic heterocycles. The lowest BCUT2D eigenvalue weighted by Crippen LogP contribution is -2.47. The van der Waals surface area contributed by atoms with E-state index < -0.39 is 11.5 Å². The number of ketones is 1. The molecule has 3 aromatic rings. The molecular weight excluding hydrogens is 422 g/mol. The largest absolute Gasteiger partial charge is 0.464 e. The first-order valence-corrected chi connectivity index (χ1v) is 11.7. The highest BCUT2D eigenvalue weighted by Gasteiger charge is 2.47. The fourth-order valence-corrected chi connectivity index (χ4v) is 3.71. The van der Waals surface area contributed by atoms with Crippen LogP contribution < -0.4 is 0 Å². The first-order chi connectivity index (χ1) is 16.6. The Morgan fingerprint density at radius 2 is 1.35 bits per heavy atom. The summed E-state index contributed by atoms with van der Waals surface area (Å²) in [6.45, 7) is 6.08. The van der Waals surface area contributed by atoms with Crippen LogP contribution in [0.3, 0.4) is 0 Å². The van der Waals surface area contributed by atoms with E-state index in [4.69, 9.17) is 9.73 Å². The summed E-state index contributed by atoms with van der Waals surface area (Å²) in [5.41, 5.74) is 0.896. The Hall–Kier alpha value is -3.79. The van der Waals surface area contributed by atoms with Crippen molar-refractivity contribution in [2.45, 2.75) is 38.1 Å². The smallest absolute Gasteiger partial charge is 0.342 e. The minimum Gasteiger partial charge on any atom is -0.464 e. The third-order valence-electron chi connectivity index (χ3n) is 5.59. The number of benzene rings is 3. The Balaban J connectivity index is 2.25. The molecule has 3 aromatic carbocycles. The van der Waals surface area contributed by atoms with Gasteiger partial charge in [-0.1, -0.05) is 110 Å². The second kappa shape index (κ2) is 12.4. The van der Waals surface area contributed by atoms with E-state index in [1.807, 2.05) is 73.7 Å². The molecule has 1 atom stereocenters. The van der Waals surface area contributed by atoms with Gasteiger partial charge in [0.15, 0.2) is 0 Å². The Kier molecular flexibility index (Phi) is 9.10. The van der Waals surface area contributed by atoms with Crippen molar-refractivity contribution in [2.75, 3.05) is 6.61 Å². The molecule has 0 amide bonds. The van der Waals surface area contributed by atoms with Crippen LogP contribution in [0.1, 0.15) is 54.1 Å². The van der Waals surface area contributed by atoms with Gasteiger partial charge in [0.25, 0.3) is 0 Å². The maximum atomic E-state index is 14.0. The zero-order valence-electron chi connectivity index (χ0n) is 19.7. The SMILES string of the molecule is C=CCCC(N=C(c1ccccc1)c1ccccc1)(C(=O)OCCCC)C(=O)c1ccccc1. The van der Waals surface area contributed by atoms with Crippen LogP contribution in [0.25, 0.3) is 0 Å². The molecule has 0 fully saturated rings. The number of unbranched alkanes of at least 4 members (excludes halogenated alkanes) is 1. The minimum absolute atomic E-state index is 0.165. The molecule has 0 heterocycles. The second-order valence-corrected chi connectivity index (χ2v) is 8.06. The van der Waals surface area contributed by atoms with E-state index in [2.05, 4.69) is 6.58 Å². The molecule has 1 unspecified atom stereocenters. The number of Topliss-reactive ketones (excluding diaryl/α,β-unsaturated/α-hetero) is 1. The topological polar surface area (TPSA) is 55.7 Å². The molecule has 0 saturated carbocycles. The number of hydrogen-bond acceptors (Lipinski definition) is 4. The Morgan fingerprint density at radius 3 is 1.82 bits per heavy atom. The second-order valence-electron chi connectivity index (χ2n) is 8.06. The van der Waals surface area contributed by atoms with Crippen LogP contribution in [-0.2, 0) is 9.53 Å². The van der Waals surface area contributed by atoms with E-state index in [0.29, 0.717) is 17.7 Å². The van der Waals surface area contributed by atoms with Crippen molar-refractivity contribution in [3.05, 3.63) is 120 Å². The van der Waals surface area contributed by atoms with Gasteiger partial charge in [-0.2, -0.15) is 0 Å². The number of nitrogens with zero attached hydrogens (tertiary/aromatic N) is 1. The van der Waals surface area contributed by atoms with Gasteiger partial charge < -0.3 is 4.74 Å². The molecule has 0 N–H and O–H groups in total. The summed E-state index contributed by atoms with van der Waals surface area (Å²) in [5, 5.41) is 0. The number of allylic oxidation sites excluding steroid dienone is 1. The maximum absolute atomic E-state index is 14.0. The van der Waals surface area contributed by atoms with Gasteiger partial charge in [-0.05, 0) is 19.3 Å². The van der Waals surface area contributed by atoms with Gasteiger partial charge in [0.1, 0.15) is 0 Å². The van der Waals surface area contributed by atoms with E-state index in [9.17, 15) is 9.59 Å². The van der Waals surface area contributed by atoms with Crippen molar-refractivity contribution in [1.82, 2.24) is 0 Å². The predicted molar refractivity (Wildman–Crippen MR) is 137 cm³/mol. The van der Waals surface area contributed by atoms with Gasteiger partial charge in [0.2, 0.25) is 11.3 Å². The van der Waals surface area contributed by atoms with Gasteiger partial charge >= 0.3 is 5.97 Å². The van der Waals surface area contributed by atoms with Gasteiger partial charge in [-0.3, -0.25) is 9.79 Å². The molecule has 34 heavy (non-hydrogen) atoms. The summed E-state index contributed by atoms with van der Waals surface area (Å²) in [7, 11) is 0. The lowest BCUT2D eigenvalue weighted by molar-refractivity contribution is -0.148. The summed E-state index contributed by atoms with van der Waals surface area (Å²) in [6, 6.07) is 28.1. The molecule has 3 rings (SSSR count). The van der Waals surface area contributed by atoms with Crippen molar-refractivity contribution >= 4 is 17.5 Å². The summed E-state index contributed by atoms with van der Waals surface area (Å²) >= 11 is 0. The molecule has 4 heteroatoms. The van der Waals surface area contributed by atoms with Gasteiger partial charge in [0, 0.05) is 16.7 Å². The van der Waals surface area contributed by atoms with Crippen LogP contribution in [0.4, 0.5) is 0 Å². The number of hydrogen-bond donors (Lipinski definition) is 0. The first kappa shape index (κ1) is 24.8.